The third-order valence-corrected chi connectivity index (χ3v) is 2.00. The van der Waals surface area contributed by atoms with Crippen LogP contribution >= 0.6 is 0 Å². The van der Waals surface area contributed by atoms with Crippen LogP contribution in [0, 0.1) is 0 Å². The zero-order valence-electron chi connectivity index (χ0n) is 5.88. The highest BCUT2D eigenvalue weighted by molar-refractivity contribution is 5.38. The topological polar surface area (TPSA) is 0 Å². The molecule has 2 rings (SSSR count). The van der Waals surface area contributed by atoms with E-state index < -0.39 is 0 Å². The summed E-state index contributed by atoms with van der Waals surface area (Å²) in [4.78, 5) is 0. The molecule has 0 aliphatic heterocycles. The number of benzene rings is 1. The summed E-state index contributed by atoms with van der Waals surface area (Å²) in [5, 5.41) is 0. The number of hydrogen-bond acceptors (Lipinski definition) is 0. The summed E-state index contributed by atoms with van der Waals surface area (Å²) in [5.41, 5.74) is 2.80. The first-order valence-electron chi connectivity index (χ1n) is 3.60. The molecule has 1 aromatic rings. The molecule has 1 aliphatic rings. The third kappa shape index (κ3) is 0.860. The minimum absolute atomic E-state index is 0.682. The third-order valence-electron chi connectivity index (χ3n) is 2.00. The predicted octanol–water partition coefficient (Wildman–Crippen LogP) is 2.73. The van der Waals surface area contributed by atoms with Gasteiger partial charge in [0, 0.05) is 5.92 Å². The Morgan fingerprint density at radius 3 is 2.30 bits per heavy atom. The van der Waals surface area contributed by atoms with Crippen LogP contribution in [0.1, 0.15) is 17.9 Å². The molecule has 0 N–H and O–H groups in total. The van der Waals surface area contributed by atoms with Gasteiger partial charge in [0.05, 0.1) is 0 Å². The van der Waals surface area contributed by atoms with Gasteiger partial charge in [-0.05, 0) is 12.0 Å². The molecule has 0 saturated heterocycles. The molecule has 0 bridgehead atoms. The fraction of sp³-hybridized carbons (Fsp3) is 0.200. The Hall–Kier alpha value is -1.04. The molecule has 0 nitrogen and oxygen atoms in total. The maximum absolute atomic E-state index is 3.92. The summed E-state index contributed by atoms with van der Waals surface area (Å²) in [6, 6.07) is 10.6. The molecule has 0 heteroatoms. The maximum atomic E-state index is 3.92. The van der Waals surface area contributed by atoms with Gasteiger partial charge in [-0.1, -0.05) is 42.5 Å². The second-order valence-electron chi connectivity index (χ2n) is 2.83. The zero-order chi connectivity index (χ0) is 6.97. The first kappa shape index (κ1) is 5.72. The van der Waals surface area contributed by atoms with E-state index in [1.54, 1.807) is 0 Å². The molecule has 0 amide bonds. The standard InChI is InChI=1S/C10H10/c1-8-7-10(8)9-5-3-2-4-6-9/h2-6,10H,1,7H2/t10-/m0/s1. The molecule has 0 heterocycles. The lowest BCUT2D eigenvalue weighted by atomic mass is 10.1. The van der Waals surface area contributed by atoms with Crippen LogP contribution in [0.2, 0.25) is 0 Å². The summed E-state index contributed by atoms with van der Waals surface area (Å²) in [7, 11) is 0. The van der Waals surface area contributed by atoms with E-state index in [2.05, 4.69) is 36.9 Å². The van der Waals surface area contributed by atoms with Gasteiger partial charge < -0.3 is 0 Å². The summed E-state index contributed by atoms with van der Waals surface area (Å²) in [5.74, 6) is 0.682. The van der Waals surface area contributed by atoms with Crippen LogP contribution in [0.4, 0.5) is 0 Å². The van der Waals surface area contributed by atoms with Gasteiger partial charge in [-0.3, -0.25) is 0 Å². The van der Waals surface area contributed by atoms with Crippen molar-refractivity contribution in [2.24, 2.45) is 0 Å². The minimum Gasteiger partial charge on any atom is -0.0992 e. The van der Waals surface area contributed by atoms with Crippen molar-refractivity contribution >= 4 is 0 Å². The Labute approximate surface area is 61.2 Å². The average Bonchev–Trinajstić information content (AvgIpc) is 2.69. The van der Waals surface area contributed by atoms with Crippen LogP contribution in [0.3, 0.4) is 0 Å². The van der Waals surface area contributed by atoms with E-state index in [1.807, 2.05) is 0 Å². The van der Waals surface area contributed by atoms with E-state index in [1.165, 1.54) is 17.6 Å². The van der Waals surface area contributed by atoms with E-state index in [9.17, 15) is 0 Å². The Morgan fingerprint density at radius 1 is 1.20 bits per heavy atom. The molecule has 0 aromatic heterocycles. The summed E-state index contributed by atoms with van der Waals surface area (Å²) < 4.78 is 0. The monoisotopic (exact) mass is 130 g/mol. The molecule has 1 aliphatic carbocycles. The van der Waals surface area contributed by atoms with Crippen molar-refractivity contribution in [2.75, 3.05) is 0 Å². The molecule has 0 spiro atoms. The predicted molar refractivity (Wildman–Crippen MR) is 42.9 cm³/mol. The highest BCUT2D eigenvalue weighted by Crippen LogP contribution is 2.44. The lowest BCUT2D eigenvalue weighted by molar-refractivity contribution is 1.16. The summed E-state index contributed by atoms with van der Waals surface area (Å²) in [6.07, 6.45) is 1.20. The molecule has 1 atom stereocenters. The summed E-state index contributed by atoms with van der Waals surface area (Å²) >= 11 is 0. The normalized spacial score (nSPS) is 22.8. The molecule has 1 saturated carbocycles. The minimum atomic E-state index is 0.682. The largest absolute Gasteiger partial charge is 0.0992 e. The van der Waals surface area contributed by atoms with Crippen molar-refractivity contribution in [3.63, 3.8) is 0 Å². The highest BCUT2D eigenvalue weighted by Gasteiger charge is 2.28. The van der Waals surface area contributed by atoms with Crippen molar-refractivity contribution in [3.8, 4) is 0 Å². The van der Waals surface area contributed by atoms with E-state index in [4.69, 9.17) is 0 Å². The first-order valence-corrected chi connectivity index (χ1v) is 3.60. The number of hydrogen-bond donors (Lipinski definition) is 0. The van der Waals surface area contributed by atoms with Crippen LogP contribution in [-0.4, -0.2) is 0 Å². The van der Waals surface area contributed by atoms with Gasteiger partial charge in [0.2, 0.25) is 0 Å². The van der Waals surface area contributed by atoms with Crippen LogP contribution in [0.25, 0.3) is 0 Å². The average molecular weight is 130 g/mol. The van der Waals surface area contributed by atoms with Crippen molar-refractivity contribution in [3.05, 3.63) is 48.0 Å². The van der Waals surface area contributed by atoms with Crippen molar-refractivity contribution < 1.29 is 0 Å². The van der Waals surface area contributed by atoms with Gasteiger partial charge >= 0.3 is 0 Å². The molecular weight excluding hydrogens is 120 g/mol. The van der Waals surface area contributed by atoms with E-state index in [0.717, 1.165) is 0 Å². The van der Waals surface area contributed by atoms with Gasteiger partial charge in [-0.15, -0.1) is 0 Å². The summed E-state index contributed by atoms with van der Waals surface area (Å²) in [6.45, 7) is 3.92. The molecule has 1 aromatic carbocycles. The van der Waals surface area contributed by atoms with Gasteiger partial charge in [-0.2, -0.15) is 0 Å². The number of allylic oxidation sites excluding steroid dienone is 1. The molecule has 0 radical (unpaired) electrons. The van der Waals surface area contributed by atoms with E-state index in [-0.39, 0.29) is 0 Å². The smallest absolute Gasteiger partial charge is 0.00830 e. The van der Waals surface area contributed by atoms with Crippen molar-refractivity contribution in [1.82, 2.24) is 0 Å². The van der Waals surface area contributed by atoms with Gasteiger partial charge in [0.1, 0.15) is 0 Å². The maximum Gasteiger partial charge on any atom is 0.00830 e. The van der Waals surface area contributed by atoms with Gasteiger partial charge in [-0.25, -0.2) is 0 Å². The number of rotatable bonds is 1. The Balaban J connectivity index is 2.28. The molecular formula is C10H10. The van der Waals surface area contributed by atoms with Crippen LogP contribution < -0.4 is 0 Å². The van der Waals surface area contributed by atoms with E-state index in [0.29, 0.717) is 5.92 Å². The van der Waals surface area contributed by atoms with E-state index >= 15 is 0 Å². The first-order chi connectivity index (χ1) is 4.88. The Kier molecular flexibility index (Phi) is 1.13. The van der Waals surface area contributed by atoms with Gasteiger partial charge in [0.25, 0.3) is 0 Å². The second kappa shape index (κ2) is 1.98. The quantitative estimate of drug-likeness (QED) is 0.513. The van der Waals surface area contributed by atoms with Crippen LogP contribution in [0.15, 0.2) is 42.5 Å². The lowest BCUT2D eigenvalue weighted by Crippen LogP contribution is -1.74. The Morgan fingerprint density at radius 2 is 1.80 bits per heavy atom. The van der Waals surface area contributed by atoms with Crippen molar-refractivity contribution in [2.45, 2.75) is 12.3 Å². The SMILES string of the molecule is C=C1C[C@@H]1c1ccccc1. The van der Waals surface area contributed by atoms with Gasteiger partial charge in [0.15, 0.2) is 0 Å². The highest BCUT2D eigenvalue weighted by atomic mass is 14.3. The zero-order valence-corrected chi connectivity index (χ0v) is 5.88. The fourth-order valence-corrected chi connectivity index (χ4v) is 1.24. The van der Waals surface area contributed by atoms with Crippen molar-refractivity contribution in [1.29, 1.82) is 0 Å². The molecule has 1 fully saturated rings. The second-order valence-corrected chi connectivity index (χ2v) is 2.83. The fourth-order valence-electron chi connectivity index (χ4n) is 1.24. The molecule has 10 heavy (non-hydrogen) atoms. The molecule has 0 unspecified atom stereocenters. The molecule has 50 valence electrons. The Bertz CT molecular complexity index is 246. The van der Waals surface area contributed by atoms with Crippen LogP contribution in [0.5, 0.6) is 0 Å². The van der Waals surface area contributed by atoms with Crippen LogP contribution in [-0.2, 0) is 0 Å². The lowest BCUT2D eigenvalue weighted by Gasteiger charge is -1.92.